The molecule has 5 rings (SSSR count). The number of methoxy groups -OCH3 is 1. The molecule has 1 aliphatic carbocycles. The van der Waals surface area contributed by atoms with Gasteiger partial charge in [-0.25, -0.2) is 0 Å². The minimum Gasteiger partial charge on any atom is -0.497 e. The van der Waals surface area contributed by atoms with Gasteiger partial charge in [0.1, 0.15) is 5.75 Å². The van der Waals surface area contributed by atoms with Crippen molar-refractivity contribution in [1.82, 2.24) is 0 Å². The number of anilines is 2. The third-order valence-corrected chi connectivity index (χ3v) is 6.58. The third kappa shape index (κ3) is 4.13. The van der Waals surface area contributed by atoms with Crippen molar-refractivity contribution < 1.29 is 9.53 Å². The van der Waals surface area contributed by atoms with Crippen LogP contribution in [0.5, 0.6) is 5.75 Å². The van der Waals surface area contributed by atoms with Crippen LogP contribution in [-0.2, 0) is 11.2 Å². The molecule has 4 nitrogen and oxygen atoms in total. The van der Waals surface area contributed by atoms with E-state index in [1.807, 2.05) is 30.3 Å². The van der Waals surface area contributed by atoms with Gasteiger partial charge in [-0.3, -0.25) is 4.79 Å². The first-order chi connectivity index (χ1) is 15.7. The summed E-state index contributed by atoms with van der Waals surface area (Å²) >= 11 is 0. The average molecular weight is 425 g/mol. The summed E-state index contributed by atoms with van der Waals surface area (Å²) in [5.41, 5.74) is 5.67. The molecule has 0 saturated heterocycles. The number of hydrogen-bond donors (Lipinski definition) is 2. The number of benzene rings is 3. The monoisotopic (exact) mass is 424 g/mol. The highest BCUT2D eigenvalue weighted by molar-refractivity contribution is 5.91. The van der Waals surface area contributed by atoms with Crippen LogP contribution in [0.4, 0.5) is 11.4 Å². The zero-order valence-corrected chi connectivity index (χ0v) is 18.3. The fraction of sp³-hybridized carbons (Fsp3) is 0.250. The van der Waals surface area contributed by atoms with E-state index in [-0.39, 0.29) is 11.9 Å². The molecule has 3 aromatic carbocycles. The standard InChI is InChI=1S/C28H28N2O2/c1-32-22-10-5-9-20(17-22)28-24-12-6-11-23(24)25-18-21(14-15-26(25)30-28)29-27(31)16-13-19-7-3-2-4-8-19/h2-11,14-15,17-18,23-24,28,30H,12-13,16H2,1H3,(H,29,31). The number of allylic oxidation sites excluding steroid dienone is 2. The molecule has 3 atom stereocenters. The molecule has 4 heteroatoms. The number of ether oxygens (including phenoxy) is 1. The van der Waals surface area contributed by atoms with Gasteiger partial charge in [-0.1, -0.05) is 54.6 Å². The normalized spacial score (nSPS) is 20.7. The van der Waals surface area contributed by atoms with Crippen molar-refractivity contribution in [2.45, 2.75) is 31.2 Å². The number of nitrogens with one attached hydrogen (secondary N) is 2. The van der Waals surface area contributed by atoms with Crippen molar-refractivity contribution in [3.8, 4) is 5.75 Å². The Morgan fingerprint density at radius 2 is 1.94 bits per heavy atom. The number of carbonyl (C=O) groups is 1. The Kier molecular flexibility index (Phi) is 5.68. The highest BCUT2D eigenvalue weighted by Crippen LogP contribution is 2.50. The molecule has 0 saturated carbocycles. The van der Waals surface area contributed by atoms with Crippen LogP contribution >= 0.6 is 0 Å². The molecular formula is C28H28N2O2. The summed E-state index contributed by atoms with van der Waals surface area (Å²) in [6.45, 7) is 0. The Hall–Kier alpha value is -3.53. The van der Waals surface area contributed by atoms with E-state index in [2.05, 4.69) is 65.3 Å². The summed E-state index contributed by atoms with van der Waals surface area (Å²) in [5.74, 6) is 1.71. The van der Waals surface area contributed by atoms with Gasteiger partial charge in [-0.2, -0.15) is 0 Å². The Balaban J connectivity index is 1.33. The molecule has 0 bridgehead atoms. The fourth-order valence-corrected chi connectivity index (χ4v) is 4.96. The second-order valence-electron chi connectivity index (χ2n) is 8.59. The summed E-state index contributed by atoms with van der Waals surface area (Å²) < 4.78 is 5.44. The van der Waals surface area contributed by atoms with Gasteiger partial charge in [0, 0.05) is 23.7 Å². The lowest BCUT2D eigenvalue weighted by Gasteiger charge is -2.37. The van der Waals surface area contributed by atoms with E-state index < -0.39 is 0 Å². The summed E-state index contributed by atoms with van der Waals surface area (Å²) in [4.78, 5) is 12.5. The smallest absolute Gasteiger partial charge is 0.224 e. The van der Waals surface area contributed by atoms with Crippen LogP contribution in [0.2, 0.25) is 0 Å². The molecule has 0 fully saturated rings. The number of fused-ring (bicyclic) bond motifs is 3. The molecule has 3 aromatic rings. The van der Waals surface area contributed by atoms with E-state index >= 15 is 0 Å². The van der Waals surface area contributed by atoms with Gasteiger partial charge in [0.15, 0.2) is 0 Å². The van der Waals surface area contributed by atoms with Gasteiger partial charge in [-0.05, 0) is 65.8 Å². The van der Waals surface area contributed by atoms with Crippen molar-refractivity contribution in [2.24, 2.45) is 5.92 Å². The minimum absolute atomic E-state index is 0.0466. The van der Waals surface area contributed by atoms with E-state index in [0.717, 1.165) is 30.0 Å². The first-order valence-electron chi connectivity index (χ1n) is 11.3. The predicted octanol–water partition coefficient (Wildman–Crippen LogP) is 6.09. The highest BCUT2D eigenvalue weighted by Gasteiger charge is 2.38. The Bertz CT molecular complexity index is 1140. The molecule has 32 heavy (non-hydrogen) atoms. The maximum atomic E-state index is 12.5. The predicted molar refractivity (Wildman–Crippen MR) is 129 cm³/mol. The quantitative estimate of drug-likeness (QED) is 0.471. The largest absolute Gasteiger partial charge is 0.497 e. The molecule has 1 amide bonds. The lowest BCUT2D eigenvalue weighted by molar-refractivity contribution is -0.116. The number of carbonyl (C=O) groups excluding carboxylic acids is 1. The van der Waals surface area contributed by atoms with Gasteiger partial charge in [0.05, 0.1) is 13.2 Å². The van der Waals surface area contributed by atoms with Crippen LogP contribution in [0.15, 0.2) is 84.9 Å². The molecule has 2 N–H and O–H groups in total. The summed E-state index contributed by atoms with van der Waals surface area (Å²) in [5, 5.41) is 6.85. The van der Waals surface area contributed by atoms with Crippen LogP contribution in [0.25, 0.3) is 0 Å². The Morgan fingerprint density at radius 1 is 1.06 bits per heavy atom. The molecule has 0 radical (unpaired) electrons. The third-order valence-electron chi connectivity index (χ3n) is 6.58. The van der Waals surface area contributed by atoms with E-state index in [1.165, 1.54) is 16.7 Å². The average Bonchev–Trinajstić information content (AvgIpc) is 3.33. The molecular weight excluding hydrogens is 396 g/mol. The highest BCUT2D eigenvalue weighted by atomic mass is 16.5. The van der Waals surface area contributed by atoms with Gasteiger partial charge < -0.3 is 15.4 Å². The molecule has 1 heterocycles. The van der Waals surface area contributed by atoms with Gasteiger partial charge in [0.2, 0.25) is 5.91 Å². The van der Waals surface area contributed by atoms with Crippen molar-refractivity contribution in [3.63, 3.8) is 0 Å². The molecule has 3 unspecified atom stereocenters. The SMILES string of the molecule is COc1cccc(C2Nc3ccc(NC(=O)CCc4ccccc4)cc3C3C=CCC32)c1. The van der Waals surface area contributed by atoms with Crippen LogP contribution in [0.1, 0.15) is 41.5 Å². The number of amides is 1. The number of hydrogen-bond acceptors (Lipinski definition) is 3. The van der Waals surface area contributed by atoms with Crippen LogP contribution in [0.3, 0.4) is 0 Å². The summed E-state index contributed by atoms with van der Waals surface area (Å²) in [7, 11) is 1.71. The van der Waals surface area contributed by atoms with Crippen molar-refractivity contribution in [3.05, 3.63) is 102 Å². The molecule has 0 aromatic heterocycles. The molecule has 1 aliphatic heterocycles. The molecule has 162 valence electrons. The Labute approximate surface area is 189 Å². The van der Waals surface area contributed by atoms with Crippen LogP contribution in [-0.4, -0.2) is 13.0 Å². The maximum Gasteiger partial charge on any atom is 0.224 e. The van der Waals surface area contributed by atoms with Gasteiger partial charge in [-0.15, -0.1) is 0 Å². The van der Waals surface area contributed by atoms with Crippen molar-refractivity contribution in [1.29, 1.82) is 0 Å². The molecule has 2 aliphatic rings. The first-order valence-corrected chi connectivity index (χ1v) is 11.3. The summed E-state index contributed by atoms with van der Waals surface area (Å²) in [6, 6.07) is 24.9. The number of aryl methyl sites for hydroxylation is 1. The van der Waals surface area contributed by atoms with E-state index in [1.54, 1.807) is 7.11 Å². The van der Waals surface area contributed by atoms with E-state index in [9.17, 15) is 4.79 Å². The van der Waals surface area contributed by atoms with E-state index in [0.29, 0.717) is 18.3 Å². The first kappa shape index (κ1) is 20.4. The second-order valence-corrected chi connectivity index (χ2v) is 8.59. The van der Waals surface area contributed by atoms with Crippen molar-refractivity contribution >= 4 is 17.3 Å². The Morgan fingerprint density at radius 3 is 2.78 bits per heavy atom. The minimum atomic E-state index is 0.0466. The number of rotatable bonds is 6. The second kappa shape index (κ2) is 8.91. The van der Waals surface area contributed by atoms with Gasteiger partial charge in [0.25, 0.3) is 0 Å². The maximum absolute atomic E-state index is 12.5. The summed E-state index contributed by atoms with van der Waals surface area (Å²) in [6.07, 6.45) is 6.85. The van der Waals surface area contributed by atoms with Crippen LogP contribution < -0.4 is 15.4 Å². The fourth-order valence-electron chi connectivity index (χ4n) is 4.96. The molecule has 0 spiro atoms. The lowest BCUT2D eigenvalue weighted by atomic mass is 9.77. The zero-order valence-electron chi connectivity index (χ0n) is 18.3. The van der Waals surface area contributed by atoms with E-state index in [4.69, 9.17) is 4.74 Å². The lowest BCUT2D eigenvalue weighted by Crippen LogP contribution is -2.29. The zero-order chi connectivity index (χ0) is 21.9. The topological polar surface area (TPSA) is 50.4 Å². The van der Waals surface area contributed by atoms with Crippen LogP contribution in [0, 0.1) is 5.92 Å². The van der Waals surface area contributed by atoms with Crippen molar-refractivity contribution in [2.75, 3.05) is 17.7 Å². The van der Waals surface area contributed by atoms with Gasteiger partial charge >= 0.3 is 0 Å².